The van der Waals surface area contributed by atoms with Gasteiger partial charge in [0.05, 0.1) is 17.4 Å². The quantitative estimate of drug-likeness (QED) is 0.234. The number of hydrogen-bond acceptors (Lipinski definition) is 4. The van der Waals surface area contributed by atoms with E-state index in [0.717, 1.165) is 64.5 Å². The summed E-state index contributed by atoms with van der Waals surface area (Å²) in [5, 5.41) is 4.93. The average molecular weight is 558 g/mol. The number of allylic oxidation sites excluding steroid dienone is 5. The number of benzene rings is 3. The molecule has 208 valence electrons. The van der Waals surface area contributed by atoms with Crippen LogP contribution in [0.4, 0.5) is 0 Å². The Labute approximate surface area is 251 Å². The highest BCUT2D eigenvalue weighted by Gasteiger charge is 2.26. The van der Waals surface area contributed by atoms with Crippen molar-refractivity contribution in [2.45, 2.75) is 31.2 Å². The first-order valence-corrected chi connectivity index (χ1v) is 15.0. The molecule has 0 spiro atoms. The molecule has 8 rings (SSSR count). The zero-order valence-electron chi connectivity index (χ0n) is 23.8. The van der Waals surface area contributed by atoms with Crippen molar-refractivity contribution in [3.8, 4) is 22.6 Å². The van der Waals surface area contributed by atoms with Gasteiger partial charge in [-0.15, -0.1) is 0 Å². The van der Waals surface area contributed by atoms with Crippen LogP contribution in [0.1, 0.15) is 41.3 Å². The molecular weight excluding hydrogens is 526 g/mol. The highest BCUT2D eigenvalue weighted by Crippen LogP contribution is 2.40. The number of nitrogens with zero attached hydrogens (tertiary/aromatic N) is 2. The Kier molecular flexibility index (Phi) is 6.45. The molecule has 4 nitrogen and oxygen atoms in total. The van der Waals surface area contributed by atoms with Crippen LogP contribution in [-0.4, -0.2) is 16.0 Å². The van der Waals surface area contributed by atoms with E-state index >= 15 is 0 Å². The standard InChI is InChI=1S/C39H31N3O/c1-3-11-27(12-4-1)33-25-34(42-39(41-33)29-13-5-2-6-14-29)31-17-10-24-40-38(31)28-22-20-26(21-23-28)30-16-9-19-36-37(30)32-15-7-8-18-35(32)43-36/h1-6,8-14,16-20,22-26,38,40H,7,15,21H2. The Balaban J connectivity index is 1.14. The molecule has 4 heteroatoms. The smallest absolute Gasteiger partial charge is 0.160 e. The van der Waals surface area contributed by atoms with Crippen molar-refractivity contribution in [3.05, 3.63) is 156 Å². The van der Waals surface area contributed by atoms with Crippen molar-refractivity contribution in [3.63, 3.8) is 0 Å². The maximum absolute atomic E-state index is 6.22. The third-order valence-electron chi connectivity index (χ3n) is 8.64. The van der Waals surface area contributed by atoms with Gasteiger partial charge in [0.25, 0.3) is 0 Å². The van der Waals surface area contributed by atoms with E-state index < -0.39 is 0 Å². The summed E-state index contributed by atoms with van der Waals surface area (Å²) in [6.45, 7) is 0. The summed E-state index contributed by atoms with van der Waals surface area (Å²) in [6.07, 6.45) is 20.7. The summed E-state index contributed by atoms with van der Waals surface area (Å²) in [5.74, 6) is 2.05. The topological polar surface area (TPSA) is 51.0 Å². The van der Waals surface area contributed by atoms with Crippen molar-refractivity contribution in [1.82, 2.24) is 15.3 Å². The lowest BCUT2D eigenvalue weighted by Crippen LogP contribution is -2.30. The summed E-state index contributed by atoms with van der Waals surface area (Å²) < 4.78 is 6.22. The minimum Gasteiger partial charge on any atom is -0.456 e. The predicted molar refractivity (Wildman–Crippen MR) is 175 cm³/mol. The lowest BCUT2D eigenvalue weighted by molar-refractivity contribution is 0.595. The molecule has 3 heterocycles. The Morgan fingerprint density at radius 1 is 0.814 bits per heavy atom. The summed E-state index contributed by atoms with van der Waals surface area (Å²) >= 11 is 0. The summed E-state index contributed by atoms with van der Waals surface area (Å²) in [6, 6.07) is 29.2. The Hall–Kier alpha value is -5.22. The molecule has 0 radical (unpaired) electrons. The molecule has 2 unspecified atom stereocenters. The van der Waals surface area contributed by atoms with Crippen LogP contribution in [0.2, 0.25) is 0 Å². The van der Waals surface area contributed by atoms with E-state index in [2.05, 4.69) is 109 Å². The maximum atomic E-state index is 6.22. The van der Waals surface area contributed by atoms with Crippen molar-refractivity contribution < 1.29 is 4.42 Å². The lowest BCUT2D eigenvalue weighted by Gasteiger charge is -2.28. The van der Waals surface area contributed by atoms with Gasteiger partial charge in [0.1, 0.15) is 11.3 Å². The van der Waals surface area contributed by atoms with Crippen LogP contribution in [0.15, 0.2) is 138 Å². The molecule has 1 aliphatic heterocycles. The largest absolute Gasteiger partial charge is 0.456 e. The molecular formula is C39H31N3O. The lowest BCUT2D eigenvalue weighted by atomic mass is 9.83. The van der Waals surface area contributed by atoms with Gasteiger partial charge < -0.3 is 9.73 Å². The molecule has 0 saturated heterocycles. The second-order valence-electron chi connectivity index (χ2n) is 11.3. The van der Waals surface area contributed by atoms with Crippen molar-refractivity contribution in [2.24, 2.45) is 0 Å². The van der Waals surface area contributed by atoms with Crippen LogP contribution in [-0.2, 0) is 6.42 Å². The van der Waals surface area contributed by atoms with E-state index in [9.17, 15) is 0 Å². The van der Waals surface area contributed by atoms with Crippen LogP contribution in [0, 0.1) is 0 Å². The second kappa shape index (κ2) is 10.9. The van der Waals surface area contributed by atoms with Gasteiger partial charge in [0.15, 0.2) is 5.82 Å². The number of hydrogen-bond donors (Lipinski definition) is 1. The van der Waals surface area contributed by atoms with Crippen molar-refractivity contribution >= 4 is 22.6 Å². The minimum atomic E-state index is -0.00744. The Morgan fingerprint density at radius 2 is 1.63 bits per heavy atom. The third kappa shape index (κ3) is 4.75. The fraction of sp³-hybridized carbons (Fsp3) is 0.128. The Morgan fingerprint density at radius 3 is 2.44 bits per heavy atom. The first-order chi connectivity index (χ1) is 21.3. The molecule has 0 bridgehead atoms. The fourth-order valence-electron chi connectivity index (χ4n) is 6.52. The zero-order chi connectivity index (χ0) is 28.6. The normalized spacial score (nSPS) is 19.1. The summed E-state index contributed by atoms with van der Waals surface area (Å²) in [5.41, 5.74) is 10.00. The van der Waals surface area contributed by atoms with E-state index in [0.29, 0.717) is 5.92 Å². The molecule has 2 atom stereocenters. The number of aryl methyl sites for hydroxylation is 1. The van der Waals surface area contributed by atoms with Crippen LogP contribution in [0.3, 0.4) is 0 Å². The molecule has 3 aliphatic rings. The van der Waals surface area contributed by atoms with Crippen LogP contribution in [0.25, 0.3) is 45.3 Å². The number of dihydropyridines is 1. The van der Waals surface area contributed by atoms with Gasteiger partial charge in [-0.3, -0.25) is 0 Å². The van der Waals surface area contributed by atoms with E-state index in [-0.39, 0.29) is 6.04 Å². The highest BCUT2D eigenvalue weighted by atomic mass is 16.3. The second-order valence-corrected chi connectivity index (χ2v) is 11.3. The molecule has 5 aromatic rings. The highest BCUT2D eigenvalue weighted by molar-refractivity contribution is 5.89. The molecule has 0 fully saturated rings. The third-order valence-corrected chi connectivity index (χ3v) is 8.64. The van der Waals surface area contributed by atoms with E-state index in [1.807, 2.05) is 30.5 Å². The van der Waals surface area contributed by atoms with Crippen LogP contribution < -0.4 is 5.32 Å². The number of aromatic nitrogens is 2. The van der Waals surface area contributed by atoms with Crippen molar-refractivity contribution in [1.29, 1.82) is 0 Å². The molecule has 0 saturated carbocycles. The number of rotatable bonds is 5. The molecule has 1 N–H and O–H groups in total. The summed E-state index contributed by atoms with van der Waals surface area (Å²) in [7, 11) is 0. The molecule has 2 aliphatic carbocycles. The van der Waals surface area contributed by atoms with Crippen LogP contribution >= 0.6 is 0 Å². The van der Waals surface area contributed by atoms with Gasteiger partial charge in [-0.1, -0.05) is 103 Å². The number of furan rings is 1. The zero-order valence-corrected chi connectivity index (χ0v) is 23.8. The average Bonchev–Trinajstić information content (AvgIpc) is 3.48. The van der Waals surface area contributed by atoms with Gasteiger partial charge in [0.2, 0.25) is 0 Å². The first kappa shape index (κ1) is 25.5. The van der Waals surface area contributed by atoms with Gasteiger partial charge in [-0.2, -0.15) is 0 Å². The fourth-order valence-corrected chi connectivity index (χ4v) is 6.52. The van der Waals surface area contributed by atoms with Gasteiger partial charge in [-0.25, -0.2) is 9.97 Å². The van der Waals surface area contributed by atoms with Crippen LogP contribution in [0.5, 0.6) is 0 Å². The first-order valence-electron chi connectivity index (χ1n) is 15.0. The molecule has 43 heavy (non-hydrogen) atoms. The SMILES string of the molecule is C1=CNC(C2=CCC(c3cccc4oc5c(c34)CCC=C5)C=C2)C(c2cc(-c3ccccc3)nc(-c3ccccc3)n2)=C1. The van der Waals surface area contributed by atoms with Gasteiger partial charge in [-0.05, 0) is 60.9 Å². The number of nitrogens with one attached hydrogen (secondary N) is 1. The van der Waals surface area contributed by atoms with E-state index in [1.165, 1.54) is 22.1 Å². The van der Waals surface area contributed by atoms with Gasteiger partial charge >= 0.3 is 0 Å². The Bertz CT molecular complexity index is 1920. The number of fused-ring (bicyclic) bond motifs is 3. The maximum Gasteiger partial charge on any atom is 0.160 e. The molecule has 3 aromatic carbocycles. The predicted octanol–water partition coefficient (Wildman–Crippen LogP) is 9.06. The van der Waals surface area contributed by atoms with Crippen molar-refractivity contribution in [2.75, 3.05) is 0 Å². The van der Waals surface area contributed by atoms with Gasteiger partial charge in [0, 0.05) is 33.6 Å². The molecule has 0 amide bonds. The summed E-state index contributed by atoms with van der Waals surface area (Å²) in [4.78, 5) is 10.1. The minimum absolute atomic E-state index is 0.00744. The monoisotopic (exact) mass is 557 g/mol. The van der Waals surface area contributed by atoms with E-state index in [1.54, 1.807) is 0 Å². The van der Waals surface area contributed by atoms with E-state index in [4.69, 9.17) is 14.4 Å². The molecule has 2 aromatic heterocycles.